The zero-order valence-electron chi connectivity index (χ0n) is 17.1. The lowest BCUT2D eigenvalue weighted by Gasteiger charge is -2.48. The van der Waals surface area contributed by atoms with E-state index in [-0.39, 0.29) is 5.41 Å². The molecule has 2 heterocycles. The van der Waals surface area contributed by atoms with Crippen LogP contribution >= 0.6 is 0 Å². The van der Waals surface area contributed by atoms with E-state index in [1.54, 1.807) is 7.05 Å². The number of fused-ring (bicyclic) bond motifs is 3. The molecule has 3 atom stereocenters. The fourth-order valence-electron chi connectivity index (χ4n) is 5.61. The van der Waals surface area contributed by atoms with Crippen LogP contribution in [0.25, 0.3) is 17.3 Å². The third-order valence-electron chi connectivity index (χ3n) is 6.80. The lowest BCUT2D eigenvalue weighted by atomic mass is 9.56. The van der Waals surface area contributed by atoms with Gasteiger partial charge in [0.2, 0.25) is 0 Å². The van der Waals surface area contributed by atoms with Crippen molar-refractivity contribution < 1.29 is 5.11 Å². The summed E-state index contributed by atoms with van der Waals surface area (Å²) in [6, 6.07) is 10.2. The molecule has 1 N–H and O–H groups in total. The third-order valence-corrected chi connectivity index (χ3v) is 6.80. The van der Waals surface area contributed by atoms with E-state index in [2.05, 4.69) is 46.0 Å². The number of benzene rings is 1. The summed E-state index contributed by atoms with van der Waals surface area (Å²) in [5.41, 5.74) is 4.32. The first-order valence-electron chi connectivity index (χ1n) is 10.3. The van der Waals surface area contributed by atoms with Crippen LogP contribution in [0.5, 0.6) is 0 Å². The Hall–Kier alpha value is -2.96. The van der Waals surface area contributed by atoms with Crippen LogP contribution < -0.4 is 0 Å². The van der Waals surface area contributed by atoms with E-state index in [4.69, 9.17) is 4.98 Å². The van der Waals surface area contributed by atoms with Gasteiger partial charge in [0.25, 0.3) is 5.95 Å². The molecule has 2 aromatic heterocycles. The molecule has 1 saturated carbocycles. The average Bonchev–Trinajstić information content (AvgIpc) is 3.32. The number of rotatable bonds is 2. The number of tetrazole rings is 1. The van der Waals surface area contributed by atoms with Crippen molar-refractivity contribution in [3.63, 3.8) is 0 Å². The number of nitrogens with zero attached hydrogens (tertiary/aromatic N) is 6. The number of hydrogen-bond acceptors (Lipinski definition) is 5. The fraction of sp³-hybridized carbons (Fsp3) is 0.455. The fourth-order valence-corrected chi connectivity index (χ4v) is 5.61. The summed E-state index contributed by atoms with van der Waals surface area (Å²) in [5.74, 6) is 2.47. The molecule has 1 fully saturated rings. The normalized spacial score (nSPS) is 27.6. The highest BCUT2D eigenvalue weighted by Crippen LogP contribution is 2.54. The third kappa shape index (κ3) is 2.71. The minimum Gasteiger partial charge on any atom is -0.516 e. The molecule has 0 radical (unpaired) electrons. The second-order valence-corrected chi connectivity index (χ2v) is 8.72. The number of allylic oxidation sites excluding steroid dienone is 1. The van der Waals surface area contributed by atoms with Crippen LogP contribution in [0.1, 0.15) is 44.5 Å². The van der Waals surface area contributed by atoms with Gasteiger partial charge in [0.15, 0.2) is 0 Å². The molecular weight excluding hydrogens is 364 g/mol. The van der Waals surface area contributed by atoms with Crippen LogP contribution in [0.15, 0.2) is 42.2 Å². The summed E-state index contributed by atoms with van der Waals surface area (Å²) in [4.78, 5) is 6.69. The first-order valence-corrected chi connectivity index (χ1v) is 10.3. The Balaban J connectivity index is 1.75. The Labute approximate surface area is 170 Å². The van der Waals surface area contributed by atoms with Gasteiger partial charge in [-0.2, -0.15) is 4.80 Å². The van der Waals surface area contributed by atoms with E-state index in [1.807, 2.05) is 18.2 Å². The van der Waals surface area contributed by atoms with E-state index in [1.165, 1.54) is 16.8 Å². The minimum absolute atomic E-state index is 0.114. The van der Waals surface area contributed by atoms with Crippen LogP contribution in [0, 0.1) is 11.8 Å². The zero-order chi connectivity index (χ0) is 20.2. The molecule has 2 aliphatic rings. The van der Waals surface area contributed by atoms with Gasteiger partial charge in [-0.3, -0.25) is 4.57 Å². The molecule has 0 bridgehead atoms. The van der Waals surface area contributed by atoms with Crippen molar-refractivity contribution in [1.29, 1.82) is 0 Å². The predicted octanol–water partition coefficient (Wildman–Crippen LogP) is 3.75. The molecule has 0 unspecified atom stereocenters. The molecule has 5 rings (SSSR count). The SMILES string of the molecule is C[C@@H]1C/C(=C\O)C[C@]2(C)c3nc(-c4ccccc4)n(-c4nnn(C)n4)c3CC[C@@H]12. The standard InChI is InChI=1S/C22H26N6O/c1-14-11-15(13-29)12-22(2)17(14)9-10-18-19(22)23-20(16-7-5-4-6-8-16)28(18)21-24-26-27(3)25-21/h4-8,13-14,17,29H,9-12H2,1-3H3/b15-13+/t14-,17+,22+/m1/s1. The second-order valence-electron chi connectivity index (χ2n) is 8.72. The predicted molar refractivity (Wildman–Crippen MR) is 110 cm³/mol. The molecule has 0 spiro atoms. The van der Waals surface area contributed by atoms with E-state index < -0.39 is 0 Å². The lowest BCUT2D eigenvalue weighted by Crippen LogP contribution is -2.44. The first kappa shape index (κ1) is 18.1. The van der Waals surface area contributed by atoms with Gasteiger partial charge in [-0.1, -0.05) is 49.3 Å². The number of aliphatic hydroxyl groups is 1. The van der Waals surface area contributed by atoms with Crippen molar-refractivity contribution in [2.24, 2.45) is 18.9 Å². The molecule has 0 saturated heterocycles. The van der Waals surface area contributed by atoms with Gasteiger partial charge in [-0.05, 0) is 48.3 Å². The Morgan fingerprint density at radius 1 is 1.24 bits per heavy atom. The van der Waals surface area contributed by atoms with Crippen LogP contribution in [0.2, 0.25) is 0 Å². The van der Waals surface area contributed by atoms with E-state index in [0.717, 1.165) is 48.3 Å². The maximum atomic E-state index is 9.76. The summed E-state index contributed by atoms with van der Waals surface area (Å²) < 4.78 is 2.08. The molecule has 0 amide bonds. The molecular formula is C22H26N6O. The van der Waals surface area contributed by atoms with Gasteiger partial charge < -0.3 is 5.11 Å². The zero-order valence-corrected chi connectivity index (χ0v) is 17.1. The summed E-state index contributed by atoms with van der Waals surface area (Å²) in [7, 11) is 1.78. The average molecular weight is 390 g/mol. The summed E-state index contributed by atoms with van der Waals surface area (Å²) in [5, 5.41) is 22.6. The van der Waals surface area contributed by atoms with Crippen LogP contribution in [0.3, 0.4) is 0 Å². The van der Waals surface area contributed by atoms with Crippen molar-refractivity contribution in [3.05, 3.63) is 53.6 Å². The van der Waals surface area contributed by atoms with Gasteiger partial charge >= 0.3 is 0 Å². The Kier molecular flexibility index (Phi) is 4.08. The number of aliphatic hydroxyl groups excluding tert-OH is 1. The highest BCUT2D eigenvalue weighted by Gasteiger charge is 2.49. The van der Waals surface area contributed by atoms with Crippen LogP contribution in [0.4, 0.5) is 0 Å². The van der Waals surface area contributed by atoms with Crippen molar-refractivity contribution >= 4 is 0 Å². The molecule has 7 heteroatoms. The smallest absolute Gasteiger partial charge is 0.276 e. The topological polar surface area (TPSA) is 81.7 Å². The van der Waals surface area contributed by atoms with E-state index in [0.29, 0.717) is 17.8 Å². The molecule has 29 heavy (non-hydrogen) atoms. The summed E-state index contributed by atoms with van der Waals surface area (Å²) in [6.45, 7) is 4.61. The Bertz CT molecular complexity index is 1080. The molecule has 0 aliphatic heterocycles. The number of imidazole rings is 1. The minimum atomic E-state index is -0.114. The van der Waals surface area contributed by atoms with Crippen molar-refractivity contribution in [2.75, 3.05) is 0 Å². The first-order chi connectivity index (χ1) is 14.0. The Morgan fingerprint density at radius 3 is 2.72 bits per heavy atom. The maximum Gasteiger partial charge on any atom is 0.276 e. The molecule has 7 nitrogen and oxygen atoms in total. The quantitative estimate of drug-likeness (QED) is 0.674. The molecule has 2 aliphatic carbocycles. The largest absolute Gasteiger partial charge is 0.516 e. The number of aryl methyl sites for hydroxylation is 1. The second kappa shape index (κ2) is 6.54. The van der Waals surface area contributed by atoms with Gasteiger partial charge in [-0.15, -0.1) is 5.10 Å². The summed E-state index contributed by atoms with van der Waals surface area (Å²) >= 11 is 0. The Morgan fingerprint density at radius 2 is 2.03 bits per heavy atom. The van der Waals surface area contributed by atoms with Gasteiger partial charge in [0.1, 0.15) is 5.82 Å². The highest BCUT2D eigenvalue weighted by atomic mass is 16.2. The number of aromatic nitrogens is 6. The summed E-state index contributed by atoms with van der Waals surface area (Å²) in [6.07, 6.45) is 5.15. The van der Waals surface area contributed by atoms with Crippen LogP contribution in [-0.4, -0.2) is 34.9 Å². The van der Waals surface area contributed by atoms with Crippen molar-refractivity contribution in [2.45, 2.75) is 44.9 Å². The van der Waals surface area contributed by atoms with Crippen LogP contribution in [-0.2, 0) is 18.9 Å². The van der Waals surface area contributed by atoms with Crippen molar-refractivity contribution in [1.82, 2.24) is 29.8 Å². The monoisotopic (exact) mass is 390 g/mol. The number of hydrogen-bond donors (Lipinski definition) is 1. The van der Waals surface area contributed by atoms with Crippen molar-refractivity contribution in [3.8, 4) is 17.3 Å². The van der Waals surface area contributed by atoms with E-state index in [9.17, 15) is 5.11 Å². The lowest BCUT2D eigenvalue weighted by molar-refractivity contribution is 0.141. The van der Waals surface area contributed by atoms with E-state index >= 15 is 0 Å². The molecule has 150 valence electrons. The van der Waals surface area contributed by atoms with Gasteiger partial charge in [-0.25, -0.2) is 4.98 Å². The highest BCUT2D eigenvalue weighted by molar-refractivity contribution is 5.60. The molecule has 1 aromatic carbocycles. The van der Waals surface area contributed by atoms with Gasteiger partial charge in [0, 0.05) is 11.0 Å². The van der Waals surface area contributed by atoms with Gasteiger partial charge in [0.05, 0.1) is 24.7 Å². The molecule has 3 aromatic rings. The maximum absolute atomic E-state index is 9.76.